The molecule has 1 unspecified atom stereocenters. The third-order valence-corrected chi connectivity index (χ3v) is 8.35. The molecular weight excluding hydrogens is 426 g/mol. The molecule has 0 saturated carbocycles. The van der Waals surface area contributed by atoms with E-state index in [4.69, 9.17) is 0 Å². The van der Waals surface area contributed by atoms with Crippen LogP contribution in [0.5, 0.6) is 0 Å². The summed E-state index contributed by atoms with van der Waals surface area (Å²) in [5.74, 6) is 0.0992. The zero-order chi connectivity index (χ0) is 21.9. The first kappa shape index (κ1) is 22.5. The number of anilines is 2. The van der Waals surface area contributed by atoms with Gasteiger partial charge in [0, 0.05) is 32.9 Å². The van der Waals surface area contributed by atoms with Gasteiger partial charge in [0.25, 0.3) is 0 Å². The zero-order valence-corrected chi connectivity index (χ0v) is 18.7. The minimum absolute atomic E-state index is 0.0100. The summed E-state index contributed by atoms with van der Waals surface area (Å²) in [6.07, 6.45) is 0.415. The molecule has 0 amide bonds. The standard InChI is InChI=1S/C20H27N3O5S2/c1-22(2)17-7-5-16(6-8-17)20(24)15-21-30(27,28)19-11-9-18(10-12-19)23-13-3-4-14-29(23,25)26/h5-12,20-21,24H,3-4,13-15H2,1-2H3. The van der Waals surface area contributed by atoms with E-state index in [-0.39, 0.29) is 17.2 Å². The summed E-state index contributed by atoms with van der Waals surface area (Å²) in [5.41, 5.74) is 2.03. The SMILES string of the molecule is CN(C)c1ccc(C(O)CNS(=O)(=O)c2ccc(N3CCCCS3(=O)=O)cc2)cc1. The van der Waals surface area contributed by atoms with Crippen LogP contribution in [-0.2, 0) is 20.0 Å². The lowest BCUT2D eigenvalue weighted by Crippen LogP contribution is -2.37. The number of aliphatic hydroxyl groups is 1. The minimum Gasteiger partial charge on any atom is -0.387 e. The zero-order valence-electron chi connectivity index (χ0n) is 17.0. The van der Waals surface area contributed by atoms with Crippen molar-refractivity contribution in [3.8, 4) is 0 Å². The van der Waals surface area contributed by atoms with Crippen LogP contribution in [0.2, 0.25) is 0 Å². The lowest BCUT2D eigenvalue weighted by molar-refractivity contribution is 0.182. The Kier molecular flexibility index (Phi) is 6.71. The van der Waals surface area contributed by atoms with Gasteiger partial charge >= 0.3 is 0 Å². The molecule has 0 spiro atoms. The first-order valence-electron chi connectivity index (χ1n) is 9.66. The van der Waals surface area contributed by atoms with E-state index < -0.39 is 26.2 Å². The molecule has 0 bridgehead atoms. The van der Waals surface area contributed by atoms with E-state index >= 15 is 0 Å². The van der Waals surface area contributed by atoms with Crippen molar-refractivity contribution in [2.24, 2.45) is 0 Å². The highest BCUT2D eigenvalue weighted by Crippen LogP contribution is 2.25. The molecule has 164 valence electrons. The number of rotatable bonds is 7. The Balaban J connectivity index is 1.66. The molecule has 1 heterocycles. The average molecular weight is 454 g/mol. The molecule has 30 heavy (non-hydrogen) atoms. The predicted octanol–water partition coefficient (Wildman–Crippen LogP) is 1.69. The van der Waals surface area contributed by atoms with Crippen molar-refractivity contribution in [2.45, 2.75) is 23.8 Å². The molecular formula is C20H27N3O5S2. The number of aliphatic hydroxyl groups excluding tert-OH is 1. The normalized spacial score (nSPS) is 17.5. The van der Waals surface area contributed by atoms with Gasteiger partial charge in [-0.1, -0.05) is 12.1 Å². The van der Waals surface area contributed by atoms with Crippen molar-refractivity contribution < 1.29 is 21.9 Å². The van der Waals surface area contributed by atoms with Crippen LogP contribution in [0.15, 0.2) is 53.4 Å². The van der Waals surface area contributed by atoms with E-state index in [0.29, 0.717) is 24.2 Å². The van der Waals surface area contributed by atoms with Crippen molar-refractivity contribution in [3.05, 3.63) is 54.1 Å². The smallest absolute Gasteiger partial charge is 0.240 e. The topological polar surface area (TPSA) is 107 Å². The predicted molar refractivity (Wildman–Crippen MR) is 118 cm³/mol. The molecule has 1 saturated heterocycles. The van der Waals surface area contributed by atoms with Crippen LogP contribution in [-0.4, -0.2) is 54.9 Å². The molecule has 8 nitrogen and oxygen atoms in total. The van der Waals surface area contributed by atoms with Gasteiger partial charge in [-0.05, 0) is 54.8 Å². The van der Waals surface area contributed by atoms with Crippen molar-refractivity contribution >= 4 is 31.4 Å². The molecule has 2 aromatic rings. The third kappa shape index (κ3) is 5.12. The largest absolute Gasteiger partial charge is 0.387 e. The van der Waals surface area contributed by atoms with E-state index in [2.05, 4.69) is 4.72 Å². The summed E-state index contributed by atoms with van der Waals surface area (Å²) < 4.78 is 53.3. The average Bonchev–Trinajstić information content (AvgIpc) is 2.72. The van der Waals surface area contributed by atoms with Crippen LogP contribution >= 0.6 is 0 Å². The Labute approximate surface area is 178 Å². The first-order chi connectivity index (χ1) is 14.1. The van der Waals surface area contributed by atoms with Crippen molar-refractivity contribution in [2.75, 3.05) is 42.1 Å². The quantitative estimate of drug-likeness (QED) is 0.661. The summed E-state index contributed by atoms with van der Waals surface area (Å²) in [6.45, 7) is 0.220. The maximum absolute atomic E-state index is 12.6. The Bertz CT molecular complexity index is 1070. The molecule has 10 heteroatoms. The van der Waals surface area contributed by atoms with Crippen molar-refractivity contribution in [1.82, 2.24) is 4.72 Å². The molecule has 3 rings (SSSR count). The highest BCUT2D eigenvalue weighted by molar-refractivity contribution is 7.92. The molecule has 0 radical (unpaired) electrons. The van der Waals surface area contributed by atoms with E-state index in [9.17, 15) is 21.9 Å². The lowest BCUT2D eigenvalue weighted by atomic mass is 10.1. The highest BCUT2D eigenvalue weighted by Gasteiger charge is 2.26. The molecule has 2 N–H and O–H groups in total. The second-order valence-corrected chi connectivity index (χ2v) is 11.2. The molecule has 0 aliphatic carbocycles. The van der Waals surface area contributed by atoms with Crippen LogP contribution in [0.25, 0.3) is 0 Å². The Morgan fingerprint density at radius 3 is 2.27 bits per heavy atom. The summed E-state index contributed by atoms with van der Waals surface area (Å²) in [6, 6.07) is 12.9. The number of sulfonamides is 2. The fourth-order valence-corrected chi connectivity index (χ4v) is 5.93. The van der Waals surface area contributed by atoms with Crippen LogP contribution in [0.1, 0.15) is 24.5 Å². The maximum atomic E-state index is 12.6. The molecule has 1 atom stereocenters. The van der Waals surface area contributed by atoms with Gasteiger partial charge in [-0.3, -0.25) is 4.31 Å². The van der Waals surface area contributed by atoms with E-state index in [1.807, 2.05) is 31.1 Å². The number of hydrogen-bond donors (Lipinski definition) is 2. The monoisotopic (exact) mass is 453 g/mol. The van der Waals surface area contributed by atoms with Crippen LogP contribution in [0.3, 0.4) is 0 Å². The Morgan fingerprint density at radius 1 is 1.07 bits per heavy atom. The number of hydrogen-bond acceptors (Lipinski definition) is 6. The maximum Gasteiger partial charge on any atom is 0.240 e. The van der Waals surface area contributed by atoms with Gasteiger partial charge in [-0.2, -0.15) is 0 Å². The highest BCUT2D eigenvalue weighted by atomic mass is 32.2. The second kappa shape index (κ2) is 8.93. The first-order valence-corrected chi connectivity index (χ1v) is 12.7. The second-order valence-electron chi connectivity index (χ2n) is 7.44. The van der Waals surface area contributed by atoms with E-state index in [0.717, 1.165) is 12.1 Å². The third-order valence-electron chi connectivity index (χ3n) is 5.05. The number of nitrogens with one attached hydrogen (secondary N) is 1. The Hall–Kier alpha value is -2.14. The minimum atomic E-state index is -3.85. The summed E-state index contributed by atoms with van der Waals surface area (Å²) in [5, 5.41) is 10.3. The molecule has 1 fully saturated rings. The van der Waals surface area contributed by atoms with Crippen LogP contribution in [0, 0.1) is 0 Å². The number of benzene rings is 2. The summed E-state index contributed by atoms with van der Waals surface area (Å²) in [7, 11) is -3.38. The fourth-order valence-electron chi connectivity index (χ4n) is 3.25. The molecule has 1 aliphatic heterocycles. The Morgan fingerprint density at radius 2 is 1.70 bits per heavy atom. The van der Waals surface area contributed by atoms with Crippen LogP contribution in [0.4, 0.5) is 11.4 Å². The van der Waals surface area contributed by atoms with E-state index in [1.54, 1.807) is 12.1 Å². The van der Waals surface area contributed by atoms with Crippen molar-refractivity contribution in [1.29, 1.82) is 0 Å². The lowest BCUT2D eigenvalue weighted by Gasteiger charge is -2.28. The van der Waals surface area contributed by atoms with Gasteiger partial charge in [0.2, 0.25) is 20.0 Å². The van der Waals surface area contributed by atoms with E-state index in [1.165, 1.54) is 28.6 Å². The van der Waals surface area contributed by atoms with Crippen molar-refractivity contribution in [3.63, 3.8) is 0 Å². The van der Waals surface area contributed by atoms with Gasteiger partial charge in [0.15, 0.2) is 0 Å². The fraction of sp³-hybridized carbons (Fsp3) is 0.400. The molecule has 2 aromatic carbocycles. The summed E-state index contributed by atoms with van der Waals surface area (Å²) in [4.78, 5) is 1.94. The van der Waals surface area contributed by atoms with Gasteiger partial charge in [0.1, 0.15) is 0 Å². The summed E-state index contributed by atoms with van der Waals surface area (Å²) >= 11 is 0. The van der Waals surface area contributed by atoms with Gasteiger partial charge < -0.3 is 10.0 Å². The van der Waals surface area contributed by atoms with Gasteiger partial charge in [0.05, 0.1) is 22.4 Å². The van der Waals surface area contributed by atoms with Crippen LogP contribution < -0.4 is 13.9 Å². The molecule has 1 aliphatic rings. The van der Waals surface area contributed by atoms with Gasteiger partial charge in [-0.25, -0.2) is 21.6 Å². The number of nitrogens with zero attached hydrogens (tertiary/aromatic N) is 2. The molecule has 0 aromatic heterocycles. The van der Waals surface area contributed by atoms with Gasteiger partial charge in [-0.15, -0.1) is 0 Å².